The van der Waals surface area contributed by atoms with E-state index in [1.165, 1.54) is 17.8 Å². The number of benzene rings is 1. The Bertz CT molecular complexity index is 709. The van der Waals surface area contributed by atoms with Crippen molar-refractivity contribution in [3.8, 4) is 12.3 Å². The molecule has 3 rings (SSSR count). The van der Waals surface area contributed by atoms with Crippen molar-refractivity contribution >= 4 is 44.4 Å². The largest absolute Gasteiger partial charge is 0.288 e. The molecule has 0 saturated heterocycles. The van der Waals surface area contributed by atoms with Crippen LogP contribution in [0.3, 0.4) is 0 Å². The fraction of sp³-hybridized carbons (Fsp3) is 0.353. The average molecular weight is 318 g/mol. The van der Waals surface area contributed by atoms with E-state index in [9.17, 15) is 4.79 Å². The van der Waals surface area contributed by atoms with Gasteiger partial charge in [-0.2, -0.15) is 0 Å². The van der Waals surface area contributed by atoms with E-state index in [0.29, 0.717) is 5.02 Å². The summed E-state index contributed by atoms with van der Waals surface area (Å²) in [5.41, 5.74) is -0.523. The van der Waals surface area contributed by atoms with E-state index in [-0.39, 0.29) is 0 Å². The number of thiophene rings is 1. The summed E-state index contributed by atoms with van der Waals surface area (Å²) in [5, 5.41) is 2.38. The van der Waals surface area contributed by atoms with Gasteiger partial charge in [-0.25, -0.2) is 0 Å². The highest BCUT2D eigenvalue weighted by Gasteiger charge is 2.38. The second-order valence-corrected chi connectivity index (χ2v) is 6.84. The predicted molar refractivity (Wildman–Crippen MR) is 90.0 cm³/mol. The molecule has 1 amide bonds. The van der Waals surface area contributed by atoms with Crippen LogP contribution in [0.5, 0.6) is 0 Å². The zero-order chi connectivity index (χ0) is 14.9. The van der Waals surface area contributed by atoms with Gasteiger partial charge in [-0.05, 0) is 18.9 Å². The van der Waals surface area contributed by atoms with E-state index < -0.39 is 5.54 Å². The Labute approximate surface area is 133 Å². The maximum absolute atomic E-state index is 11.8. The molecule has 4 heteroatoms. The number of rotatable bonds is 3. The molecule has 108 valence electrons. The summed E-state index contributed by atoms with van der Waals surface area (Å²) < 4.78 is 1.08. The number of nitrogens with zero attached hydrogens (tertiary/aromatic N) is 1. The lowest BCUT2D eigenvalue weighted by Crippen LogP contribution is -2.48. The van der Waals surface area contributed by atoms with Gasteiger partial charge in [-0.1, -0.05) is 55.0 Å². The number of anilines is 1. The third-order valence-corrected chi connectivity index (χ3v) is 5.92. The predicted octanol–water partition coefficient (Wildman–Crippen LogP) is 4.85. The van der Waals surface area contributed by atoms with Gasteiger partial charge < -0.3 is 0 Å². The normalized spacial score (nSPS) is 17.3. The van der Waals surface area contributed by atoms with Gasteiger partial charge in [-0.15, -0.1) is 17.8 Å². The molecule has 1 saturated carbocycles. The van der Waals surface area contributed by atoms with Gasteiger partial charge in [0.05, 0.1) is 5.02 Å². The lowest BCUT2D eigenvalue weighted by Gasteiger charge is -2.40. The second-order valence-electron chi connectivity index (χ2n) is 5.43. The number of terminal acetylenes is 1. The number of hydrogen-bond donors (Lipinski definition) is 0. The first-order valence-electron chi connectivity index (χ1n) is 7.11. The van der Waals surface area contributed by atoms with Gasteiger partial charge in [0.1, 0.15) is 10.5 Å². The van der Waals surface area contributed by atoms with Crippen LogP contribution in [0.4, 0.5) is 5.00 Å². The quantitative estimate of drug-likeness (QED) is 0.585. The van der Waals surface area contributed by atoms with E-state index in [4.69, 9.17) is 18.0 Å². The fourth-order valence-corrected chi connectivity index (χ4v) is 4.67. The van der Waals surface area contributed by atoms with Gasteiger partial charge in [-0.3, -0.25) is 9.69 Å². The SMILES string of the molecule is C#CC1(N(C=O)c2sc3ccccc3c2Cl)CCCCC1. The van der Waals surface area contributed by atoms with Crippen LogP contribution in [0, 0.1) is 12.3 Å². The summed E-state index contributed by atoms with van der Waals surface area (Å²) in [4.78, 5) is 13.5. The minimum atomic E-state index is -0.523. The van der Waals surface area contributed by atoms with Crippen LogP contribution in [0.15, 0.2) is 24.3 Å². The minimum Gasteiger partial charge on any atom is -0.288 e. The monoisotopic (exact) mass is 317 g/mol. The molecular weight excluding hydrogens is 302 g/mol. The molecular formula is C17H16ClNOS. The van der Waals surface area contributed by atoms with Crippen LogP contribution in [0.2, 0.25) is 5.02 Å². The molecule has 1 aromatic heterocycles. The second kappa shape index (κ2) is 5.71. The first-order valence-corrected chi connectivity index (χ1v) is 8.31. The number of amides is 1. The highest BCUT2D eigenvalue weighted by molar-refractivity contribution is 7.23. The Morgan fingerprint density at radius 1 is 1.29 bits per heavy atom. The number of carbonyl (C=O) groups excluding carboxylic acids is 1. The van der Waals surface area contributed by atoms with Gasteiger partial charge in [0.25, 0.3) is 0 Å². The minimum absolute atomic E-state index is 0.523. The number of carbonyl (C=O) groups is 1. The molecule has 0 N–H and O–H groups in total. The van der Waals surface area contributed by atoms with Crippen LogP contribution in [-0.2, 0) is 4.79 Å². The summed E-state index contributed by atoms with van der Waals surface area (Å²) in [6.07, 6.45) is 11.6. The molecule has 2 nitrogen and oxygen atoms in total. The Kier molecular flexibility index (Phi) is 3.93. The number of hydrogen-bond acceptors (Lipinski definition) is 2. The Balaban J connectivity index is 2.12. The standard InChI is InChI=1S/C17H16ClNOS/c1-2-17(10-6-3-7-11-17)19(12-20)16-15(18)13-8-4-5-9-14(13)21-16/h1,4-5,8-9,12H,3,6-7,10-11H2. The average Bonchev–Trinajstić information content (AvgIpc) is 2.86. The zero-order valence-corrected chi connectivity index (χ0v) is 13.2. The van der Waals surface area contributed by atoms with Crippen LogP contribution in [0.25, 0.3) is 10.1 Å². The van der Waals surface area contributed by atoms with Crippen molar-refractivity contribution in [2.45, 2.75) is 37.6 Å². The van der Waals surface area contributed by atoms with Crippen molar-refractivity contribution < 1.29 is 4.79 Å². The van der Waals surface area contributed by atoms with Gasteiger partial charge >= 0.3 is 0 Å². The Morgan fingerprint density at radius 3 is 2.62 bits per heavy atom. The van der Waals surface area contributed by atoms with Crippen LogP contribution < -0.4 is 4.90 Å². The van der Waals surface area contributed by atoms with Crippen molar-refractivity contribution in [2.24, 2.45) is 0 Å². The topological polar surface area (TPSA) is 20.3 Å². The smallest absolute Gasteiger partial charge is 0.216 e. The van der Waals surface area contributed by atoms with E-state index in [2.05, 4.69) is 5.92 Å². The number of halogens is 1. The van der Waals surface area contributed by atoms with Crippen molar-refractivity contribution in [2.75, 3.05) is 4.90 Å². The molecule has 1 heterocycles. The van der Waals surface area contributed by atoms with Crippen molar-refractivity contribution in [1.82, 2.24) is 0 Å². The molecule has 1 aromatic carbocycles. The molecule has 0 bridgehead atoms. The van der Waals surface area contributed by atoms with E-state index in [1.807, 2.05) is 24.3 Å². The first kappa shape index (κ1) is 14.4. The summed E-state index contributed by atoms with van der Waals surface area (Å²) in [7, 11) is 0. The molecule has 0 aliphatic heterocycles. The van der Waals surface area contributed by atoms with E-state index in [0.717, 1.165) is 47.2 Å². The van der Waals surface area contributed by atoms with Crippen LogP contribution in [0.1, 0.15) is 32.1 Å². The van der Waals surface area contributed by atoms with E-state index in [1.54, 1.807) is 4.90 Å². The van der Waals surface area contributed by atoms with Gasteiger partial charge in [0.15, 0.2) is 0 Å². The molecule has 1 aliphatic rings. The molecule has 21 heavy (non-hydrogen) atoms. The molecule has 1 fully saturated rings. The molecule has 0 unspecified atom stereocenters. The van der Waals surface area contributed by atoms with Crippen molar-refractivity contribution in [1.29, 1.82) is 0 Å². The molecule has 0 radical (unpaired) electrons. The van der Waals surface area contributed by atoms with Crippen LogP contribution in [-0.4, -0.2) is 11.9 Å². The van der Waals surface area contributed by atoms with Gasteiger partial charge in [0, 0.05) is 10.1 Å². The summed E-state index contributed by atoms with van der Waals surface area (Å²) in [5.74, 6) is 2.88. The molecule has 0 atom stereocenters. The molecule has 0 spiro atoms. The molecule has 2 aromatic rings. The maximum Gasteiger partial charge on any atom is 0.216 e. The Morgan fingerprint density at radius 2 is 2.00 bits per heavy atom. The lowest BCUT2D eigenvalue weighted by atomic mass is 9.81. The third kappa shape index (κ3) is 2.33. The Hall–Kier alpha value is -1.50. The van der Waals surface area contributed by atoms with Crippen molar-refractivity contribution in [3.63, 3.8) is 0 Å². The van der Waals surface area contributed by atoms with Gasteiger partial charge in [0.2, 0.25) is 6.41 Å². The highest BCUT2D eigenvalue weighted by atomic mass is 35.5. The summed E-state index contributed by atoms with van der Waals surface area (Å²) in [6.45, 7) is 0. The first-order chi connectivity index (χ1) is 10.2. The fourth-order valence-electron chi connectivity index (χ4n) is 3.09. The lowest BCUT2D eigenvalue weighted by molar-refractivity contribution is -0.108. The molecule has 1 aliphatic carbocycles. The van der Waals surface area contributed by atoms with Crippen LogP contribution >= 0.6 is 22.9 Å². The highest BCUT2D eigenvalue weighted by Crippen LogP contribution is 2.46. The summed E-state index contributed by atoms with van der Waals surface area (Å²) in [6, 6.07) is 7.92. The number of fused-ring (bicyclic) bond motifs is 1. The maximum atomic E-state index is 11.8. The van der Waals surface area contributed by atoms with Crippen molar-refractivity contribution in [3.05, 3.63) is 29.3 Å². The third-order valence-electron chi connectivity index (χ3n) is 4.25. The van der Waals surface area contributed by atoms with E-state index >= 15 is 0 Å². The summed E-state index contributed by atoms with van der Waals surface area (Å²) >= 11 is 8.04. The zero-order valence-electron chi connectivity index (χ0n) is 11.6.